The second kappa shape index (κ2) is 9.14. The van der Waals surface area contributed by atoms with E-state index in [4.69, 9.17) is 4.74 Å². The van der Waals surface area contributed by atoms with E-state index in [0.717, 1.165) is 17.0 Å². The van der Waals surface area contributed by atoms with Crippen molar-refractivity contribution in [3.63, 3.8) is 0 Å². The largest absolute Gasteiger partial charge is 0.497 e. The van der Waals surface area contributed by atoms with Gasteiger partial charge >= 0.3 is 12.3 Å². The van der Waals surface area contributed by atoms with E-state index in [1.165, 1.54) is 12.0 Å². The molecule has 1 aromatic rings. The van der Waals surface area contributed by atoms with Crippen LogP contribution < -0.4 is 9.46 Å². The molecule has 2 N–H and O–H groups in total. The highest BCUT2D eigenvalue weighted by Crippen LogP contribution is 2.36. The van der Waals surface area contributed by atoms with E-state index in [2.05, 4.69) is 4.72 Å². The predicted octanol–water partition coefficient (Wildman–Crippen LogP) is 2.13. The summed E-state index contributed by atoms with van der Waals surface area (Å²) < 4.78 is 72.7. The number of methoxy groups -OCH3 is 1. The zero-order chi connectivity index (χ0) is 23.7. The molecule has 0 saturated carbocycles. The molecule has 0 bridgehead atoms. The first-order valence-electron chi connectivity index (χ1n) is 10.00. The van der Waals surface area contributed by atoms with E-state index in [9.17, 15) is 36.3 Å². The number of nitrogens with zero attached hydrogens (tertiary/aromatic N) is 2. The molecule has 3 rings (SSSR count). The Morgan fingerprint density at radius 3 is 2.38 bits per heavy atom. The number of hydrogen-bond donors (Lipinski definition) is 2. The predicted molar refractivity (Wildman–Crippen MR) is 106 cm³/mol. The zero-order valence-corrected chi connectivity index (χ0v) is 18.1. The van der Waals surface area contributed by atoms with E-state index < -0.39 is 44.8 Å². The number of benzene rings is 1. The molecule has 2 amide bonds. The third-order valence-electron chi connectivity index (χ3n) is 5.69. The van der Waals surface area contributed by atoms with Gasteiger partial charge in [-0.25, -0.2) is 17.9 Å². The summed E-state index contributed by atoms with van der Waals surface area (Å²) >= 11 is 0. The molecule has 0 spiro atoms. The molecule has 0 unspecified atom stereocenters. The maximum absolute atomic E-state index is 13.4. The number of likely N-dealkylation sites (tertiary alicyclic amines) is 2. The number of carbonyl (C=O) groups is 2. The Morgan fingerprint density at radius 1 is 1.16 bits per heavy atom. The third-order valence-corrected chi connectivity index (χ3v) is 7.27. The van der Waals surface area contributed by atoms with E-state index in [1.807, 2.05) is 0 Å². The quantitative estimate of drug-likeness (QED) is 0.669. The molecule has 178 valence electrons. The van der Waals surface area contributed by atoms with Gasteiger partial charge in [-0.3, -0.25) is 9.69 Å². The fraction of sp³-hybridized carbons (Fsp3) is 0.579. The highest BCUT2D eigenvalue weighted by Gasteiger charge is 2.40. The first kappa shape index (κ1) is 24.1. The van der Waals surface area contributed by atoms with Gasteiger partial charge in [-0.15, -0.1) is 0 Å². The highest BCUT2D eigenvalue weighted by atomic mass is 32.2. The average Bonchev–Trinajstić information content (AvgIpc) is 3.22. The minimum Gasteiger partial charge on any atom is -0.497 e. The van der Waals surface area contributed by atoms with Crippen molar-refractivity contribution in [2.75, 3.05) is 26.7 Å². The smallest absolute Gasteiger partial charge is 0.417 e. The van der Waals surface area contributed by atoms with Crippen molar-refractivity contribution in [2.24, 2.45) is 0 Å². The molecule has 0 radical (unpaired) electrons. The van der Waals surface area contributed by atoms with Gasteiger partial charge in [0.2, 0.25) is 15.9 Å². The van der Waals surface area contributed by atoms with Crippen LogP contribution in [0.2, 0.25) is 0 Å². The van der Waals surface area contributed by atoms with Crippen LogP contribution in [0.1, 0.15) is 31.2 Å². The van der Waals surface area contributed by atoms with Crippen LogP contribution in [-0.2, 0) is 21.0 Å². The number of rotatable bonds is 5. The van der Waals surface area contributed by atoms with E-state index >= 15 is 0 Å². The number of sulfonamides is 1. The van der Waals surface area contributed by atoms with Crippen LogP contribution in [0.5, 0.6) is 5.75 Å². The maximum atomic E-state index is 13.4. The summed E-state index contributed by atoms with van der Waals surface area (Å²) in [6.45, 7) is 0.626. The lowest BCUT2D eigenvalue weighted by molar-refractivity contribution is -0.140. The normalized spacial score (nSPS) is 20.4. The Labute approximate surface area is 183 Å². The summed E-state index contributed by atoms with van der Waals surface area (Å²) in [5.41, 5.74) is -1.33. The van der Waals surface area contributed by atoms with Crippen LogP contribution in [0.4, 0.5) is 18.0 Å². The van der Waals surface area contributed by atoms with Crippen molar-refractivity contribution < 1.29 is 41.0 Å². The minimum absolute atomic E-state index is 0.120. The Hall–Kier alpha value is -2.54. The van der Waals surface area contributed by atoms with E-state index in [0.29, 0.717) is 18.9 Å². The Balaban J connectivity index is 1.67. The van der Waals surface area contributed by atoms with Gasteiger partial charge in [0, 0.05) is 25.7 Å². The summed E-state index contributed by atoms with van der Waals surface area (Å²) in [6.07, 6.45) is -4.66. The monoisotopic (exact) mass is 479 g/mol. The van der Waals surface area contributed by atoms with Crippen molar-refractivity contribution >= 4 is 22.0 Å². The second-order valence-corrected chi connectivity index (χ2v) is 9.40. The average molecular weight is 479 g/mol. The third kappa shape index (κ3) is 5.09. The molecular weight excluding hydrogens is 455 g/mol. The number of amides is 2. The molecule has 1 atom stereocenters. The van der Waals surface area contributed by atoms with Crippen LogP contribution in [0.15, 0.2) is 23.1 Å². The lowest BCUT2D eigenvalue weighted by atomic mass is 10.0. The Bertz CT molecular complexity index is 977. The number of carbonyl (C=O) groups excluding carboxylic acids is 1. The van der Waals surface area contributed by atoms with Gasteiger partial charge in [-0.1, -0.05) is 0 Å². The molecule has 9 nitrogen and oxygen atoms in total. The number of carboxylic acid groups (broad SMARTS) is 1. The lowest BCUT2D eigenvalue weighted by Gasteiger charge is -2.35. The number of piperidine rings is 1. The van der Waals surface area contributed by atoms with Gasteiger partial charge in [-0.05, 0) is 43.9 Å². The minimum atomic E-state index is -4.90. The molecule has 32 heavy (non-hydrogen) atoms. The summed E-state index contributed by atoms with van der Waals surface area (Å²) in [5.74, 6) is -0.453. The van der Waals surface area contributed by atoms with Crippen LogP contribution in [0, 0.1) is 0 Å². The molecule has 2 aliphatic rings. The standard InChI is InChI=1S/C19H24F3N3O6S/c1-31-13-4-5-16(14(11-13)19(20,21)22)32(29,30)23-12-6-9-24(10-7-12)17(26)15-3-2-8-25(15)18(27)28/h4-5,11-12,15,23H,2-3,6-10H2,1H3,(H,27,28)/t15-/m0/s1. The number of halogens is 3. The van der Waals surface area contributed by atoms with E-state index in [-0.39, 0.29) is 44.1 Å². The lowest BCUT2D eigenvalue weighted by Crippen LogP contribution is -2.52. The van der Waals surface area contributed by atoms with Gasteiger partial charge in [0.25, 0.3) is 0 Å². The fourth-order valence-corrected chi connectivity index (χ4v) is 5.57. The molecule has 0 aliphatic carbocycles. The highest BCUT2D eigenvalue weighted by molar-refractivity contribution is 7.89. The van der Waals surface area contributed by atoms with Gasteiger partial charge < -0.3 is 14.7 Å². The van der Waals surface area contributed by atoms with Crippen LogP contribution in [-0.4, -0.2) is 74.2 Å². The molecule has 0 aromatic heterocycles. The Kier molecular flexibility index (Phi) is 6.89. The number of ether oxygens (including phenoxy) is 1. The van der Waals surface area contributed by atoms with Crippen molar-refractivity contribution in [3.05, 3.63) is 23.8 Å². The first-order valence-corrected chi connectivity index (χ1v) is 11.5. The van der Waals surface area contributed by atoms with Gasteiger partial charge in [0.15, 0.2) is 0 Å². The zero-order valence-electron chi connectivity index (χ0n) is 17.3. The molecule has 2 aliphatic heterocycles. The van der Waals surface area contributed by atoms with Gasteiger partial charge in [0.1, 0.15) is 11.8 Å². The summed E-state index contributed by atoms with van der Waals surface area (Å²) in [4.78, 5) is 25.6. The SMILES string of the molecule is COc1ccc(S(=O)(=O)NC2CCN(C(=O)[C@@H]3CCCN3C(=O)O)CC2)c(C(F)(F)F)c1. The van der Waals surface area contributed by atoms with Gasteiger partial charge in [0.05, 0.1) is 17.6 Å². The fourth-order valence-electron chi connectivity index (χ4n) is 4.06. The van der Waals surface area contributed by atoms with Gasteiger partial charge in [-0.2, -0.15) is 13.2 Å². The maximum Gasteiger partial charge on any atom is 0.417 e. The molecule has 2 saturated heterocycles. The molecule has 1 aromatic carbocycles. The Morgan fingerprint density at radius 2 is 1.81 bits per heavy atom. The number of hydrogen-bond acceptors (Lipinski definition) is 5. The molecular formula is C19H24F3N3O6S. The van der Waals surface area contributed by atoms with Crippen LogP contribution >= 0.6 is 0 Å². The summed E-state index contributed by atoms with van der Waals surface area (Å²) in [5, 5.41) is 9.21. The first-order chi connectivity index (χ1) is 14.9. The number of alkyl halides is 3. The van der Waals surface area contributed by atoms with Crippen molar-refractivity contribution in [3.8, 4) is 5.75 Å². The van der Waals surface area contributed by atoms with Crippen molar-refractivity contribution in [1.29, 1.82) is 0 Å². The molecule has 2 fully saturated rings. The topological polar surface area (TPSA) is 116 Å². The van der Waals surface area contributed by atoms with Crippen LogP contribution in [0.25, 0.3) is 0 Å². The van der Waals surface area contributed by atoms with E-state index in [1.54, 1.807) is 0 Å². The second-order valence-electron chi connectivity index (χ2n) is 7.71. The van der Waals surface area contributed by atoms with Crippen molar-refractivity contribution in [2.45, 2.75) is 48.8 Å². The summed E-state index contributed by atoms with van der Waals surface area (Å²) in [6, 6.07) is 1.20. The van der Waals surface area contributed by atoms with Crippen molar-refractivity contribution in [1.82, 2.24) is 14.5 Å². The van der Waals surface area contributed by atoms with Crippen LogP contribution in [0.3, 0.4) is 0 Å². The molecule has 13 heteroatoms. The number of nitrogens with one attached hydrogen (secondary N) is 1. The summed E-state index contributed by atoms with van der Waals surface area (Å²) in [7, 11) is -3.31. The molecule has 2 heterocycles.